The third kappa shape index (κ3) is 3.47. The smallest absolute Gasteiger partial charge is 0.154 e. The van der Waals surface area contributed by atoms with Crippen LogP contribution in [0.1, 0.15) is 57.8 Å². The zero-order valence-corrected chi connectivity index (χ0v) is 12.3. The summed E-state index contributed by atoms with van der Waals surface area (Å²) in [5, 5.41) is 3.11. The topological polar surface area (TPSA) is 46.2 Å². The molecule has 0 aromatic carbocycles. The van der Waals surface area contributed by atoms with Crippen LogP contribution in [0.3, 0.4) is 0 Å². The minimum Gasteiger partial charge on any atom is -0.316 e. The van der Waals surface area contributed by atoms with Crippen molar-refractivity contribution in [1.29, 1.82) is 0 Å². The predicted molar refractivity (Wildman–Crippen MR) is 75.5 cm³/mol. The fourth-order valence-corrected chi connectivity index (χ4v) is 6.20. The number of nitrogens with one attached hydrogen (secondary N) is 1. The molecule has 18 heavy (non-hydrogen) atoms. The van der Waals surface area contributed by atoms with Gasteiger partial charge in [-0.3, -0.25) is 0 Å². The summed E-state index contributed by atoms with van der Waals surface area (Å²) in [5.74, 6) is 0.881. The van der Waals surface area contributed by atoms with Crippen molar-refractivity contribution >= 4 is 9.84 Å². The van der Waals surface area contributed by atoms with Crippen molar-refractivity contribution in [2.75, 3.05) is 12.8 Å². The Kier molecular flexibility index (Phi) is 5.07. The van der Waals surface area contributed by atoms with Gasteiger partial charge in [0.25, 0.3) is 0 Å². The third-order valence-corrected chi connectivity index (χ3v) is 7.15. The second-order valence-corrected chi connectivity index (χ2v) is 8.32. The molecular weight excluding hydrogens is 246 g/mol. The molecule has 0 saturated heterocycles. The molecule has 0 amide bonds. The first-order chi connectivity index (χ1) is 8.63. The lowest BCUT2D eigenvalue weighted by atomic mass is 10.1. The first-order valence-electron chi connectivity index (χ1n) is 7.52. The lowest BCUT2D eigenvalue weighted by Crippen LogP contribution is -2.43. The Hall–Kier alpha value is -0.0900. The average molecular weight is 273 g/mol. The Morgan fingerprint density at radius 3 is 2.22 bits per heavy atom. The van der Waals surface area contributed by atoms with Crippen LogP contribution in [0.15, 0.2) is 0 Å². The van der Waals surface area contributed by atoms with Crippen LogP contribution < -0.4 is 5.32 Å². The van der Waals surface area contributed by atoms with Gasteiger partial charge in [-0.05, 0) is 38.6 Å². The largest absolute Gasteiger partial charge is 0.316 e. The molecule has 2 aliphatic rings. The molecule has 0 aromatic rings. The summed E-state index contributed by atoms with van der Waals surface area (Å²) in [5.41, 5.74) is 0. The van der Waals surface area contributed by atoms with E-state index in [4.69, 9.17) is 0 Å². The first kappa shape index (κ1) is 14.3. The molecule has 0 radical (unpaired) electrons. The summed E-state index contributed by atoms with van der Waals surface area (Å²) in [6.45, 7) is 0. The Morgan fingerprint density at radius 1 is 0.944 bits per heavy atom. The van der Waals surface area contributed by atoms with Gasteiger partial charge in [-0.15, -0.1) is 0 Å². The minimum atomic E-state index is -2.91. The quantitative estimate of drug-likeness (QED) is 0.801. The molecule has 0 spiro atoms. The summed E-state index contributed by atoms with van der Waals surface area (Å²) in [7, 11) is -1.00. The van der Waals surface area contributed by atoms with E-state index in [1.807, 2.05) is 7.05 Å². The van der Waals surface area contributed by atoms with Gasteiger partial charge in [0.1, 0.15) is 0 Å². The monoisotopic (exact) mass is 273 g/mol. The van der Waals surface area contributed by atoms with Crippen molar-refractivity contribution < 1.29 is 8.42 Å². The molecule has 0 aromatic heterocycles. The van der Waals surface area contributed by atoms with Gasteiger partial charge in [0.2, 0.25) is 0 Å². The summed E-state index contributed by atoms with van der Waals surface area (Å²) < 4.78 is 25.2. The molecule has 0 bridgehead atoms. The highest BCUT2D eigenvalue weighted by Gasteiger charge is 2.35. The van der Waals surface area contributed by atoms with Gasteiger partial charge < -0.3 is 5.32 Å². The molecule has 0 aliphatic heterocycles. The highest BCUT2D eigenvalue weighted by Crippen LogP contribution is 2.30. The van der Waals surface area contributed by atoms with Gasteiger partial charge in [0, 0.05) is 6.04 Å². The van der Waals surface area contributed by atoms with Gasteiger partial charge in [-0.2, -0.15) is 0 Å². The Balaban J connectivity index is 2.05. The first-order valence-corrected chi connectivity index (χ1v) is 9.24. The molecule has 1 N–H and O–H groups in total. The average Bonchev–Trinajstić information content (AvgIpc) is 2.69. The standard InChI is InChI=1S/C14H27NO2S/c1-15-13-9-3-2-4-10-14(13)18(16,17)11-12-7-5-6-8-12/h12-15H,2-11H2,1H3. The SMILES string of the molecule is CNC1CCCCCC1S(=O)(=O)CC1CCCC1. The van der Waals surface area contributed by atoms with Crippen molar-refractivity contribution in [2.45, 2.75) is 69.1 Å². The van der Waals surface area contributed by atoms with E-state index >= 15 is 0 Å². The fraction of sp³-hybridized carbons (Fsp3) is 1.00. The number of hydrogen-bond donors (Lipinski definition) is 1. The number of rotatable bonds is 4. The van der Waals surface area contributed by atoms with Gasteiger partial charge in [-0.25, -0.2) is 8.42 Å². The summed E-state index contributed by atoms with van der Waals surface area (Å²) in [6.07, 6.45) is 10.00. The number of sulfone groups is 1. The molecule has 2 fully saturated rings. The second-order valence-electron chi connectivity index (χ2n) is 6.05. The van der Waals surface area contributed by atoms with Gasteiger partial charge in [0.05, 0.1) is 11.0 Å². The molecule has 3 nitrogen and oxygen atoms in total. The molecule has 2 unspecified atom stereocenters. The zero-order chi connectivity index (χ0) is 13.0. The van der Waals surface area contributed by atoms with Crippen LogP contribution in [-0.2, 0) is 9.84 Å². The molecular formula is C14H27NO2S. The van der Waals surface area contributed by atoms with E-state index in [2.05, 4.69) is 5.32 Å². The van der Waals surface area contributed by atoms with Crippen LogP contribution in [0.5, 0.6) is 0 Å². The van der Waals surface area contributed by atoms with Crippen LogP contribution in [-0.4, -0.2) is 32.5 Å². The molecule has 2 rings (SSSR count). The Bertz CT molecular complexity index is 347. The van der Waals surface area contributed by atoms with E-state index < -0.39 is 9.84 Å². The van der Waals surface area contributed by atoms with E-state index in [1.165, 1.54) is 25.7 Å². The maximum absolute atomic E-state index is 12.6. The molecule has 4 heteroatoms. The van der Waals surface area contributed by atoms with Gasteiger partial charge in [0.15, 0.2) is 9.84 Å². The minimum absolute atomic E-state index is 0.134. The summed E-state index contributed by atoms with van der Waals surface area (Å²) in [6, 6.07) is 0.180. The molecule has 2 atom stereocenters. The van der Waals surface area contributed by atoms with E-state index in [1.54, 1.807) is 0 Å². The summed E-state index contributed by atoms with van der Waals surface area (Å²) in [4.78, 5) is 0. The zero-order valence-electron chi connectivity index (χ0n) is 11.5. The Morgan fingerprint density at radius 2 is 1.56 bits per heavy atom. The van der Waals surface area contributed by atoms with Crippen LogP contribution in [0.4, 0.5) is 0 Å². The van der Waals surface area contributed by atoms with E-state index in [-0.39, 0.29) is 11.3 Å². The van der Waals surface area contributed by atoms with E-state index in [0.29, 0.717) is 11.7 Å². The molecule has 106 valence electrons. The van der Waals surface area contributed by atoms with Crippen molar-refractivity contribution in [3.05, 3.63) is 0 Å². The third-order valence-electron chi connectivity index (χ3n) is 4.73. The maximum Gasteiger partial charge on any atom is 0.154 e. The number of hydrogen-bond acceptors (Lipinski definition) is 3. The maximum atomic E-state index is 12.6. The van der Waals surface area contributed by atoms with Crippen LogP contribution in [0.2, 0.25) is 0 Å². The fourth-order valence-electron chi connectivity index (χ4n) is 3.66. The van der Waals surface area contributed by atoms with Gasteiger partial charge in [-0.1, -0.05) is 32.1 Å². The van der Waals surface area contributed by atoms with Crippen molar-refractivity contribution in [3.63, 3.8) is 0 Å². The predicted octanol–water partition coefficient (Wildman–Crippen LogP) is 2.51. The van der Waals surface area contributed by atoms with Crippen molar-refractivity contribution in [2.24, 2.45) is 5.92 Å². The van der Waals surface area contributed by atoms with Gasteiger partial charge >= 0.3 is 0 Å². The highest BCUT2D eigenvalue weighted by atomic mass is 32.2. The lowest BCUT2D eigenvalue weighted by Gasteiger charge is -2.26. The summed E-state index contributed by atoms with van der Waals surface area (Å²) >= 11 is 0. The normalized spacial score (nSPS) is 31.4. The highest BCUT2D eigenvalue weighted by molar-refractivity contribution is 7.92. The molecule has 0 heterocycles. The lowest BCUT2D eigenvalue weighted by molar-refractivity contribution is 0.473. The van der Waals surface area contributed by atoms with Crippen LogP contribution >= 0.6 is 0 Å². The molecule has 2 saturated carbocycles. The van der Waals surface area contributed by atoms with Crippen LogP contribution in [0.25, 0.3) is 0 Å². The Labute approximate surface area is 112 Å². The van der Waals surface area contributed by atoms with Crippen LogP contribution in [0, 0.1) is 5.92 Å². The van der Waals surface area contributed by atoms with Crippen molar-refractivity contribution in [3.8, 4) is 0 Å². The van der Waals surface area contributed by atoms with E-state index in [0.717, 1.165) is 32.1 Å². The molecule has 2 aliphatic carbocycles. The van der Waals surface area contributed by atoms with Crippen molar-refractivity contribution in [1.82, 2.24) is 5.32 Å². The second kappa shape index (κ2) is 6.38. The van der Waals surface area contributed by atoms with E-state index in [9.17, 15) is 8.42 Å².